The highest BCUT2D eigenvalue weighted by Crippen LogP contribution is 2.39. The Morgan fingerprint density at radius 2 is 2.30 bits per heavy atom. The summed E-state index contributed by atoms with van der Waals surface area (Å²) in [6, 6.07) is 0. The third-order valence-electron chi connectivity index (χ3n) is 2.58. The normalized spacial score (nSPS) is 45.3. The molecule has 2 heteroatoms. The summed E-state index contributed by atoms with van der Waals surface area (Å²) in [5.74, 6) is 1.34. The summed E-state index contributed by atoms with van der Waals surface area (Å²) < 4.78 is 5.12. The third kappa shape index (κ3) is 0.825. The van der Waals surface area contributed by atoms with E-state index in [2.05, 4.69) is 6.92 Å². The van der Waals surface area contributed by atoms with Crippen molar-refractivity contribution in [2.24, 2.45) is 11.8 Å². The number of rotatable bonds is 0. The van der Waals surface area contributed by atoms with E-state index < -0.39 is 0 Å². The molecule has 1 heterocycles. The summed E-state index contributed by atoms with van der Waals surface area (Å²) in [6.07, 6.45) is 3.24. The lowest BCUT2D eigenvalue weighted by Crippen LogP contribution is -2.07. The van der Waals surface area contributed by atoms with Crippen LogP contribution in [-0.2, 0) is 9.53 Å². The van der Waals surface area contributed by atoms with Gasteiger partial charge in [0, 0.05) is 5.92 Å². The molecule has 1 aliphatic heterocycles. The summed E-state index contributed by atoms with van der Waals surface area (Å²) in [6.45, 7) is 2.23. The second-order valence-electron chi connectivity index (χ2n) is 3.57. The van der Waals surface area contributed by atoms with E-state index in [1.54, 1.807) is 0 Å². The number of carbonyl (C=O) groups excluding carboxylic acids is 1. The molecule has 1 saturated carbocycles. The molecule has 0 bridgehead atoms. The maximum atomic E-state index is 10.7. The molecule has 0 radical (unpaired) electrons. The van der Waals surface area contributed by atoms with Crippen molar-refractivity contribution in [2.45, 2.75) is 32.3 Å². The van der Waals surface area contributed by atoms with E-state index in [-0.39, 0.29) is 12.1 Å². The first-order chi connectivity index (χ1) is 4.75. The van der Waals surface area contributed by atoms with Gasteiger partial charge in [0.1, 0.15) is 6.10 Å². The molecule has 2 fully saturated rings. The van der Waals surface area contributed by atoms with Crippen LogP contribution in [-0.4, -0.2) is 12.1 Å². The Balaban J connectivity index is 2.06. The molecule has 2 nitrogen and oxygen atoms in total. The van der Waals surface area contributed by atoms with Gasteiger partial charge in [0.15, 0.2) is 0 Å². The van der Waals surface area contributed by atoms with Crippen LogP contribution in [0.3, 0.4) is 0 Å². The molecular formula is C8H12O2. The minimum absolute atomic E-state index is 0.0156. The smallest absolute Gasteiger partial charge is 0.306 e. The first kappa shape index (κ1) is 6.20. The Bertz CT molecular complexity index is 149. The molecule has 2 rings (SSSR count). The van der Waals surface area contributed by atoms with Crippen LogP contribution in [0.15, 0.2) is 0 Å². The van der Waals surface area contributed by atoms with Crippen LogP contribution in [0.25, 0.3) is 0 Å². The predicted molar refractivity (Wildman–Crippen MR) is 36.4 cm³/mol. The minimum atomic E-state index is 0.0156. The number of ether oxygens (including phenoxy) is 1. The molecule has 0 aromatic heterocycles. The third-order valence-corrected chi connectivity index (χ3v) is 2.58. The van der Waals surface area contributed by atoms with Crippen LogP contribution in [0.5, 0.6) is 0 Å². The van der Waals surface area contributed by atoms with Gasteiger partial charge >= 0.3 is 5.97 Å². The summed E-state index contributed by atoms with van der Waals surface area (Å²) in [4.78, 5) is 10.7. The van der Waals surface area contributed by atoms with Crippen LogP contribution < -0.4 is 0 Å². The molecule has 1 saturated heterocycles. The van der Waals surface area contributed by atoms with E-state index in [0.717, 1.165) is 12.3 Å². The standard InChI is InChI=1S/C8H12O2/c1-5-2-6-4-8(9)10-7(6)3-5/h5-7H,2-4H2,1H3/t5-,6-,7-/m0/s1. The molecule has 56 valence electrons. The quantitative estimate of drug-likeness (QED) is 0.475. The first-order valence-corrected chi connectivity index (χ1v) is 3.95. The van der Waals surface area contributed by atoms with E-state index >= 15 is 0 Å². The summed E-state index contributed by atoms with van der Waals surface area (Å²) in [7, 11) is 0. The number of fused-ring (bicyclic) bond motifs is 1. The van der Waals surface area contributed by atoms with Crippen molar-refractivity contribution < 1.29 is 9.53 Å². The average molecular weight is 140 g/mol. The average Bonchev–Trinajstić information content (AvgIpc) is 2.21. The Labute approximate surface area is 60.6 Å². The van der Waals surface area contributed by atoms with Crippen molar-refractivity contribution in [3.8, 4) is 0 Å². The maximum Gasteiger partial charge on any atom is 0.306 e. The molecule has 0 spiro atoms. The largest absolute Gasteiger partial charge is 0.462 e. The first-order valence-electron chi connectivity index (χ1n) is 3.95. The van der Waals surface area contributed by atoms with Gasteiger partial charge in [-0.1, -0.05) is 6.92 Å². The highest BCUT2D eigenvalue weighted by molar-refractivity contribution is 5.72. The lowest BCUT2D eigenvalue weighted by molar-refractivity contribution is -0.141. The zero-order valence-corrected chi connectivity index (χ0v) is 6.17. The van der Waals surface area contributed by atoms with Crippen LogP contribution in [0.4, 0.5) is 0 Å². The van der Waals surface area contributed by atoms with Crippen molar-refractivity contribution in [3.05, 3.63) is 0 Å². The molecule has 0 aromatic rings. The van der Waals surface area contributed by atoms with Gasteiger partial charge in [0.2, 0.25) is 0 Å². The second-order valence-corrected chi connectivity index (χ2v) is 3.57. The Hall–Kier alpha value is -0.530. The van der Waals surface area contributed by atoms with Gasteiger partial charge in [0.05, 0.1) is 6.42 Å². The highest BCUT2D eigenvalue weighted by Gasteiger charge is 2.41. The lowest BCUT2D eigenvalue weighted by Gasteiger charge is -2.04. The molecule has 1 aliphatic carbocycles. The highest BCUT2D eigenvalue weighted by atomic mass is 16.5. The topological polar surface area (TPSA) is 26.3 Å². The minimum Gasteiger partial charge on any atom is -0.462 e. The van der Waals surface area contributed by atoms with Gasteiger partial charge in [-0.3, -0.25) is 4.79 Å². The van der Waals surface area contributed by atoms with Crippen molar-refractivity contribution >= 4 is 5.97 Å². The van der Waals surface area contributed by atoms with Crippen LogP contribution in [0.2, 0.25) is 0 Å². The van der Waals surface area contributed by atoms with E-state index in [1.165, 1.54) is 6.42 Å². The van der Waals surface area contributed by atoms with E-state index in [4.69, 9.17) is 4.74 Å². The van der Waals surface area contributed by atoms with Crippen molar-refractivity contribution in [2.75, 3.05) is 0 Å². The molecule has 0 aromatic carbocycles. The van der Waals surface area contributed by atoms with Gasteiger partial charge in [-0.25, -0.2) is 0 Å². The van der Waals surface area contributed by atoms with Crippen molar-refractivity contribution in [3.63, 3.8) is 0 Å². The predicted octanol–water partition coefficient (Wildman–Crippen LogP) is 1.35. The summed E-state index contributed by atoms with van der Waals surface area (Å²) in [5, 5.41) is 0. The van der Waals surface area contributed by atoms with Crippen LogP contribution in [0, 0.1) is 11.8 Å². The van der Waals surface area contributed by atoms with Gasteiger partial charge in [0.25, 0.3) is 0 Å². The number of hydrogen-bond acceptors (Lipinski definition) is 2. The molecule has 10 heavy (non-hydrogen) atoms. The maximum absolute atomic E-state index is 10.7. The van der Waals surface area contributed by atoms with Gasteiger partial charge in [-0.05, 0) is 18.8 Å². The lowest BCUT2D eigenvalue weighted by atomic mass is 10.0. The zero-order valence-electron chi connectivity index (χ0n) is 6.17. The summed E-state index contributed by atoms with van der Waals surface area (Å²) in [5.41, 5.74) is 0. The van der Waals surface area contributed by atoms with Crippen LogP contribution in [0.1, 0.15) is 26.2 Å². The second kappa shape index (κ2) is 1.97. The van der Waals surface area contributed by atoms with E-state index in [1.807, 2.05) is 0 Å². The zero-order chi connectivity index (χ0) is 7.14. The Kier molecular flexibility index (Phi) is 1.22. The fraction of sp³-hybridized carbons (Fsp3) is 0.875. The van der Waals surface area contributed by atoms with Crippen molar-refractivity contribution in [1.82, 2.24) is 0 Å². The molecule has 0 N–H and O–H groups in total. The van der Waals surface area contributed by atoms with Crippen molar-refractivity contribution in [1.29, 1.82) is 0 Å². The van der Waals surface area contributed by atoms with E-state index in [9.17, 15) is 4.79 Å². The van der Waals surface area contributed by atoms with Gasteiger partial charge < -0.3 is 4.74 Å². The fourth-order valence-corrected chi connectivity index (χ4v) is 2.14. The van der Waals surface area contributed by atoms with Crippen LogP contribution >= 0.6 is 0 Å². The number of esters is 1. The molecule has 2 aliphatic rings. The number of hydrogen-bond donors (Lipinski definition) is 0. The Morgan fingerprint density at radius 3 is 3.00 bits per heavy atom. The Morgan fingerprint density at radius 1 is 1.50 bits per heavy atom. The van der Waals surface area contributed by atoms with Gasteiger partial charge in [-0.2, -0.15) is 0 Å². The van der Waals surface area contributed by atoms with Gasteiger partial charge in [-0.15, -0.1) is 0 Å². The SMILES string of the molecule is C[C@H]1C[C@H]2CC(=O)O[C@H]2C1. The van der Waals surface area contributed by atoms with E-state index in [0.29, 0.717) is 12.3 Å². The monoisotopic (exact) mass is 140 g/mol. The fourth-order valence-electron chi connectivity index (χ4n) is 2.14. The molecule has 3 atom stereocenters. The molecule has 0 unspecified atom stereocenters. The molecular weight excluding hydrogens is 128 g/mol. The number of carbonyl (C=O) groups is 1. The summed E-state index contributed by atoms with van der Waals surface area (Å²) >= 11 is 0. The molecule has 0 amide bonds.